The van der Waals surface area contributed by atoms with Gasteiger partial charge in [-0.25, -0.2) is 4.98 Å². The Morgan fingerprint density at radius 1 is 1.06 bits per heavy atom. The molecule has 0 atom stereocenters. The highest BCUT2D eigenvalue weighted by Gasteiger charge is 2.28. The number of nitro groups is 1. The van der Waals surface area contributed by atoms with Gasteiger partial charge in [-0.2, -0.15) is 0 Å². The van der Waals surface area contributed by atoms with Crippen molar-refractivity contribution in [2.24, 2.45) is 0 Å². The monoisotopic (exact) mass is 468 g/mol. The summed E-state index contributed by atoms with van der Waals surface area (Å²) in [7, 11) is 3.16. The lowest BCUT2D eigenvalue weighted by Crippen LogP contribution is -2.48. The second-order valence-corrected chi connectivity index (χ2v) is 8.53. The molecule has 33 heavy (non-hydrogen) atoms. The van der Waals surface area contributed by atoms with E-state index >= 15 is 0 Å². The van der Waals surface area contributed by atoms with Crippen molar-refractivity contribution in [2.45, 2.75) is 6.92 Å². The molecule has 2 aromatic carbocycles. The highest BCUT2D eigenvalue weighted by molar-refractivity contribution is 7.17. The Morgan fingerprint density at radius 3 is 2.42 bits per heavy atom. The Bertz CT molecular complexity index is 1190. The first-order valence-electron chi connectivity index (χ1n) is 10.4. The summed E-state index contributed by atoms with van der Waals surface area (Å²) < 4.78 is 10.7. The molecule has 0 bridgehead atoms. The van der Waals surface area contributed by atoms with Crippen molar-refractivity contribution >= 4 is 28.6 Å². The highest BCUT2D eigenvalue weighted by Crippen LogP contribution is 2.35. The summed E-state index contributed by atoms with van der Waals surface area (Å²) in [5.41, 5.74) is 2.19. The maximum atomic E-state index is 13.2. The van der Waals surface area contributed by atoms with Crippen molar-refractivity contribution in [3.63, 3.8) is 0 Å². The van der Waals surface area contributed by atoms with Crippen molar-refractivity contribution in [1.82, 2.24) is 9.88 Å². The lowest BCUT2D eigenvalue weighted by Gasteiger charge is -2.35. The molecule has 172 valence electrons. The molecule has 3 aromatic rings. The molecular weight excluding hydrogens is 444 g/mol. The van der Waals surface area contributed by atoms with Crippen LogP contribution < -0.4 is 14.4 Å². The molecule has 4 rings (SSSR count). The van der Waals surface area contributed by atoms with Gasteiger partial charge in [0.05, 0.1) is 24.8 Å². The number of thiazole rings is 1. The van der Waals surface area contributed by atoms with E-state index in [0.29, 0.717) is 53.9 Å². The van der Waals surface area contributed by atoms with Gasteiger partial charge in [0.15, 0.2) is 11.5 Å². The number of aryl methyl sites for hydroxylation is 1. The molecular formula is C23H24N4O5S. The third kappa shape index (κ3) is 4.47. The molecule has 9 nitrogen and oxygen atoms in total. The topological polar surface area (TPSA) is 98.0 Å². The lowest BCUT2D eigenvalue weighted by molar-refractivity contribution is -0.384. The normalized spacial score (nSPS) is 13.7. The summed E-state index contributed by atoms with van der Waals surface area (Å²) in [6, 6.07) is 12.2. The second-order valence-electron chi connectivity index (χ2n) is 7.53. The minimum absolute atomic E-state index is 0.0704. The number of nitrogens with zero attached hydrogens (tertiary/aromatic N) is 4. The Labute approximate surface area is 195 Å². The maximum Gasteiger partial charge on any atom is 0.292 e. The third-order valence-corrected chi connectivity index (χ3v) is 6.80. The van der Waals surface area contributed by atoms with Crippen molar-refractivity contribution in [3.05, 3.63) is 63.1 Å². The number of methoxy groups -OCH3 is 2. The number of aromatic nitrogens is 1. The molecule has 0 radical (unpaired) electrons. The van der Waals surface area contributed by atoms with E-state index < -0.39 is 0 Å². The zero-order valence-electron chi connectivity index (χ0n) is 18.6. The number of nitro benzene ring substituents is 1. The van der Waals surface area contributed by atoms with Gasteiger partial charge in [-0.05, 0) is 31.2 Å². The molecule has 1 amide bonds. The van der Waals surface area contributed by atoms with Crippen LogP contribution >= 0.6 is 11.3 Å². The van der Waals surface area contributed by atoms with Crippen LogP contribution in [0.25, 0.3) is 10.6 Å². The molecule has 0 saturated carbocycles. The Hall–Kier alpha value is -3.66. The van der Waals surface area contributed by atoms with Crippen molar-refractivity contribution in [1.29, 1.82) is 0 Å². The van der Waals surface area contributed by atoms with Crippen LogP contribution in [0.3, 0.4) is 0 Å². The summed E-state index contributed by atoms with van der Waals surface area (Å²) in [5, 5.41) is 12.1. The van der Waals surface area contributed by atoms with Gasteiger partial charge >= 0.3 is 0 Å². The number of hydrogen-bond acceptors (Lipinski definition) is 8. The number of rotatable bonds is 6. The molecule has 1 aliphatic rings. The van der Waals surface area contributed by atoms with E-state index in [-0.39, 0.29) is 16.5 Å². The first kappa shape index (κ1) is 22.5. The number of hydrogen-bond donors (Lipinski definition) is 0. The van der Waals surface area contributed by atoms with E-state index in [9.17, 15) is 14.9 Å². The zero-order valence-corrected chi connectivity index (χ0v) is 19.4. The van der Waals surface area contributed by atoms with E-state index in [1.807, 2.05) is 30.0 Å². The van der Waals surface area contributed by atoms with Gasteiger partial charge in [-0.15, -0.1) is 11.3 Å². The summed E-state index contributed by atoms with van der Waals surface area (Å²) in [4.78, 5) is 33.2. The van der Waals surface area contributed by atoms with E-state index in [2.05, 4.69) is 4.98 Å². The van der Waals surface area contributed by atoms with Crippen LogP contribution in [0.2, 0.25) is 0 Å². The average Bonchev–Trinajstić information content (AvgIpc) is 3.24. The van der Waals surface area contributed by atoms with E-state index in [4.69, 9.17) is 9.47 Å². The maximum absolute atomic E-state index is 13.2. The highest BCUT2D eigenvalue weighted by atomic mass is 32.1. The third-order valence-electron chi connectivity index (χ3n) is 5.61. The number of carbonyl (C=O) groups is 1. The largest absolute Gasteiger partial charge is 0.493 e. The lowest BCUT2D eigenvalue weighted by atomic mass is 10.2. The van der Waals surface area contributed by atoms with Crippen LogP contribution in [-0.4, -0.2) is 61.1 Å². The smallest absolute Gasteiger partial charge is 0.292 e. The van der Waals surface area contributed by atoms with Gasteiger partial charge in [-0.3, -0.25) is 14.9 Å². The number of carbonyl (C=O) groups excluding carboxylic acids is 1. The van der Waals surface area contributed by atoms with Crippen molar-refractivity contribution in [2.75, 3.05) is 45.3 Å². The number of amides is 1. The van der Waals surface area contributed by atoms with Gasteiger partial charge in [0.25, 0.3) is 11.6 Å². The molecule has 1 aromatic heterocycles. The Morgan fingerprint density at radius 2 is 1.76 bits per heavy atom. The first-order chi connectivity index (χ1) is 15.9. The second kappa shape index (κ2) is 9.45. The Balaban J connectivity index is 1.49. The standard InChI is InChI=1S/C23H24N4O5S/c1-15-21(33-22(24-15)16-8-9-19(31-2)20(14-16)32-3)23(28)26-12-10-25(11-13-26)17-6-4-5-7-18(17)27(29)30/h4-9,14H,10-13H2,1-3H3. The Kier molecular flexibility index (Phi) is 6.45. The van der Waals surface area contributed by atoms with Crippen LogP contribution in [-0.2, 0) is 0 Å². The fourth-order valence-electron chi connectivity index (χ4n) is 3.87. The fraction of sp³-hybridized carbons (Fsp3) is 0.304. The summed E-state index contributed by atoms with van der Waals surface area (Å²) in [6.07, 6.45) is 0. The predicted octanol–water partition coefficient (Wildman–Crippen LogP) is 4.01. The minimum atomic E-state index is -0.372. The van der Waals surface area contributed by atoms with Crippen LogP contribution in [0, 0.1) is 17.0 Å². The molecule has 1 fully saturated rings. The summed E-state index contributed by atoms with van der Waals surface area (Å²) >= 11 is 1.35. The van der Waals surface area contributed by atoms with Crippen molar-refractivity contribution in [3.8, 4) is 22.1 Å². The predicted molar refractivity (Wildman–Crippen MR) is 127 cm³/mol. The number of benzene rings is 2. The molecule has 2 heterocycles. The van der Waals surface area contributed by atoms with E-state index in [1.54, 1.807) is 37.3 Å². The van der Waals surface area contributed by atoms with Crippen LogP contribution in [0.1, 0.15) is 15.4 Å². The quantitative estimate of drug-likeness (QED) is 0.398. The van der Waals surface area contributed by atoms with Crippen LogP contribution in [0.4, 0.5) is 11.4 Å². The number of para-hydroxylation sites is 2. The zero-order chi connectivity index (χ0) is 23.5. The van der Waals surface area contributed by atoms with Crippen LogP contribution in [0.5, 0.6) is 11.5 Å². The molecule has 1 aliphatic heterocycles. The van der Waals surface area contributed by atoms with Gasteiger partial charge in [0.1, 0.15) is 15.6 Å². The molecule has 0 unspecified atom stereocenters. The number of ether oxygens (including phenoxy) is 2. The van der Waals surface area contributed by atoms with Crippen LogP contribution in [0.15, 0.2) is 42.5 Å². The van der Waals surface area contributed by atoms with Gasteiger partial charge in [-0.1, -0.05) is 12.1 Å². The van der Waals surface area contributed by atoms with Crippen molar-refractivity contribution < 1.29 is 19.2 Å². The van der Waals surface area contributed by atoms with E-state index in [0.717, 1.165) is 10.6 Å². The summed E-state index contributed by atoms with van der Waals surface area (Å²) in [5.74, 6) is 1.16. The molecule has 0 spiro atoms. The SMILES string of the molecule is COc1ccc(-c2nc(C)c(C(=O)N3CCN(c4ccccc4[N+](=O)[O-])CC3)s2)cc1OC. The molecule has 1 saturated heterocycles. The minimum Gasteiger partial charge on any atom is -0.493 e. The first-order valence-corrected chi connectivity index (χ1v) is 11.2. The fourth-order valence-corrected chi connectivity index (χ4v) is 4.90. The molecule has 0 aliphatic carbocycles. The molecule has 0 N–H and O–H groups in total. The van der Waals surface area contributed by atoms with Gasteiger partial charge in [0, 0.05) is 37.8 Å². The van der Waals surface area contributed by atoms with E-state index in [1.165, 1.54) is 17.4 Å². The summed E-state index contributed by atoms with van der Waals surface area (Å²) in [6.45, 7) is 3.84. The molecule has 10 heteroatoms. The van der Waals surface area contributed by atoms with Gasteiger partial charge in [0.2, 0.25) is 0 Å². The number of piperazine rings is 1. The van der Waals surface area contributed by atoms with Gasteiger partial charge < -0.3 is 19.3 Å². The average molecular weight is 469 g/mol. The number of anilines is 1.